The molecule has 2 N–H and O–H groups in total. The molecule has 4 heteroatoms. The highest BCUT2D eigenvalue weighted by atomic mass is 15.2. The van der Waals surface area contributed by atoms with E-state index in [4.69, 9.17) is 0 Å². The van der Waals surface area contributed by atoms with Crippen LogP contribution in [0.3, 0.4) is 0 Å². The van der Waals surface area contributed by atoms with E-state index in [0.717, 1.165) is 25.0 Å². The topological polar surface area (TPSA) is 39.7 Å². The van der Waals surface area contributed by atoms with Gasteiger partial charge in [0.2, 0.25) is 0 Å². The summed E-state index contributed by atoms with van der Waals surface area (Å²) in [7, 11) is 1.87. The van der Waals surface area contributed by atoms with Crippen molar-refractivity contribution in [1.29, 1.82) is 0 Å². The van der Waals surface area contributed by atoms with Crippen LogP contribution in [0.15, 0.2) is 29.3 Å². The van der Waals surface area contributed by atoms with E-state index in [9.17, 15) is 0 Å². The van der Waals surface area contributed by atoms with Crippen molar-refractivity contribution in [2.45, 2.75) is 64.0 Å². The van der Waals surface area contributed by atoms with Crippen LogP contribution in [0.5, 0.6) is 0 Å². The van der Waals surface area contributed by atoms with Crippen LogP contribution in [0.4, 0.5) is 0 Å². The molecule has 0 spiro atoms. The lowest BCUT2D eigenvalue weighted by Gasteiger charge is -2.36. The Morgan fingerprint density at radius 1 is 1.08 bits per heavy atom. The molecule has 1 aromatic carbocycles. The zero-order chi connectivity index (χ0) is 17.5. The Morgan fingerprint density at radius 2 is 1.76 bits per heavy atom. The third kappa shape index (κ3) is 5.46. The summed E-state index contributed by atoms with van der Waals surface area (Å²) >= 11 is 0. The summed E-state index contributed by atoms with van der Waals surface area (Å²) in [5, 5.41) is 7.10. The van der Waals surface area contributed by atoms with Crippen LogP contribution in [0.2, 0.25) is 0 Å². The lowest BCUT2D eigenvalue weighted by molar-refractivity contribution is 0.150. The van der Waals surface area contributed by atoms with Crippen LogP contribution in [-0.2, 0) is 6.42 Å². The van der Waals surface area contributed by atoms with E-state index in [1.807, 2.05) is 7.05 Å². The van der Waals surface area contributed by atoms with Gasteiger partial charge in [-0.15, -0.1) is 0 Å². The third-order valence-electron chi connectivity index (χ3n) is 5.76. The summed E-state index contributed by atoms with van der Waals surface area (Å²) in [6.45, 7) is 5.53. The van der Waals surface area contributed by atoms with Crippen LogP contribution < -0.4 is 10.6 Å². The van der Waals surface area contributed by atoms with Crippen LogP contribution in [-0.4, -0.2) is 49.6 Å². The van der Waals surface area contributed by atoms with Gasteiger partial charge in [0.25, 0.3) is 0 Å². The molecule has 0 unspecified atom stereocenters. The van der Waals surface area contributed by atoms with Crippen molar-refractivity contribution in [2.75, 3.05) is 26.7 Å². The summed E-state index contributed by atoms with van der Waals surface area (Å²) in [4.78, 5) is 7.13. The van der Waals surface area contributed by atoms with Crippen LogP contribution in [0.25, 0.3) is 0 Å². The number of aliphatic imine (C=N–C) groups is 1. The van der Waals surface area contributed by atoms with Crippen LogP contribution in [0, 0.1) is 6.92 Å². The maximum absolute atomic E-state index is 4.40. The molecule has 0 aromatic heterocycles. The van der Waals surface area contributed by atoms with Crippen molar-refractivity contribution in [1.82, 2.24) is 15.5 Å². The maximum atomic E-state index is 4.40. The molecule has 138 valence electrons. The van der Waals surface area contributed by atoms with E-state index in [-0.39, 0.29) is 0 Å². The van der Waals surface area contributed by atoms with Gasteiger partial charge < -0.3 is 15.5 Å². The number of aryl methyl sites for hydroxylation is 1. The Kier molecular flexibility index (Phi) is 6.74. The van der Waals surface area contributed by atoms with Gasteiger partial charge in [-0.3, -0.25) is 4.99 Å². The second-order valence-electron chi connectivity index (χ2n) is 7.63. The summed E-state index contributed by atoms with van der Waals surface area (Å²) in [5.41, 5.74) is 2.69. The SMILES string of the molecule is CN=C(NCCc1ccc(C)cc1)NC1CCN(C2CCCC2)CC1. The quantitative estimate of drug-likeness (QED) is 0.638. The van der Waals surface area contributed by atoms with Crippen molar-refractivity contribution in [3.63, 3.8) is 0 Å². The smallest absolute Gasteiger partial charge is 0.191 e. The van der Waals surface area contributed by atoms with Crippen molar-refractivity contribution < 1.29 is 0 Å². The molecule has 2 fully saturated rings. The second kappa shape index (κ2) is 9.23. The van der Waals surface area contributed by atoms with Gasteiger partial charge in [0.05, 0.1) is 0 Å². The average Bonchev–Trinajstić information content (AvgIpc) is 3.18. The monoisotopic (exact) mass is 342 g/mol. The lowest BCUT2D eigenvalue weighted by Crippen LogP contribution is -2.50. The van der Waals surface area contributed by atoms with E-state index in [1.165, 1.54) is 62.7 Å². The highest BCUT2D eigenvalue weighted by molar-refractivity contribution is 5.79. The molecule has 3 rings (SSSR count). The summed E-state index contributed by atoms with van der Waals surface area (Å²) in [6.07, 6.45) is 9.19. The van der Waals surface area contributed by atoms with Crippen LogP contribution in [0.1, 0.15) is 49.7 Å². The molecule has 1 aromatic rings. The largest absolute Gasteiger partial charge is 0.356 e. The Morgan fingerprint density at radius 3 is 2.40 bits per heavy atom. The number of nitrogens with zero attached hydrogens (tertiary/aromatic N) is 2. The molecular formula is C21H34N4. The van der Waals surface area contributed by atoms with E-state index in [2.05, 4.69) is 51.7 Å². The fourth-order valence-corrected chi connectivity index (χ4v) is 4.15. The van der Waals surface area contributed by atoms with Gasteiger partial charge in [-0.1, -0.05) is 42.7 Å². The summed E-state index contributed by atoms with van der Waals surface area (Å²) in [6, 6.07) is 10.2. The zero-order valence-electron chi connectivity index (χ0n) is 15.9. The molecule has 2 aliphatic rings. The van der Waals surface area contributed by atoms with Gasteiger partial charge in [-0.05, 0) is 44.6 Å². The average molecular weight is 343 g/mol. The molecule has 1 aliphatic carbocycles. The molecule has 0 radical (unpaired) electrons. The number of nitrogens with one attached hydrogen (secondary N) is 2. The molecule has 1 heterocycles. The first-order chi connectivity index (χ1) is 12.2. The van der Waals surface area contributed by atoms with Crippen molar-refractivity contribution >= 4 is 5.96 Å². The number of rotatable bonds is 5. The first-order valence-corrected chi connectivity index (χ1v) is 10.0. The first-order valence-electron chi connectivity index (χ1n) is 10.0. The second-order valence-corrected chi connectivity index (χ2v) is 7.63. The first kappa shape index (κ1) is 18.2. The highest BCUT2D eigenvalue weighted by Crippen LogP contribution is 2.26. The van der Waals surface area contributed by atoms with E-state index >= 15 is 0 Å². The molecule has 0 bridgehead atoms. The van der Waals surface area contributed by atoms with E-state index in [0.29, 0.717) is 6.04 Å². The Labute approximate surface area is 153 Å². The number of likely N-dealkylation sites (tertiary alicyclic amines) is 1. The molecule has 4 nitrogen and oxygen atoms in total. The Hall–Kier alpha value is -1.55. The Bertz CT molecular complexity index is 538. The molecule has 1 saturated heterocycles. The van der Waals surface area contributed by atoms with Gasteiger partial charge in [0, 0.05) is 38.8 Å². The predicted molar refractivity (Wildman–Crippen MR) is 106 cm³/mol. The maximum Gasteiger partial charge on any atom is 0.191 e. The van der Waals surface area contributed by atoms with E-state index in [1.54, 1.807) is 0 Å². The minimum Gasteiger partial charge on any atom is -0.356 e. The number of benzene rings is 1. The molecule has 0 amide bonds. The number of hydrogen-bond donors (Lipinski definition) is 2. The van der Waals surface area contributed by atoms with Crippen molar-refractivity contribution in [3.8, 4) is 0 Å². The summed E-state index contributed by atoms with van der Waals surface area (Å²) < 4.78 is 0. The minimum absolute atomic E-state index is 0.559. The molecule has 1 aliphatic heterocycles. The zero-order valence-corrected chi connectivity index (χ0v) is 15.9. The predicted octanol–water partition coefficient (Wildman–Crippen LogP) is 3.11. The molecule has 25 heavy (non-hydrogen) atoms. The van der Waals surface area contributed by atoms with Crippen LogP contribution >= 0.6 is 0 Å². The van der Waals surface area contributed by atoms with Gasteiger partial charge in [-0.2, -0.15) is 0 Å². The number of hydrogen-bond acceptors (Lipinski definition) is 2. The van der Waals surface area contributed by atoms with E-state index < -0.39 is 0 Å². The standard InChI is InChI=1S/C21H34N4/c1-17-7-9-18(10-8-17)11-14-23-21(22-2)24-19-12-15-25(16-13-19)20-5-3-4-6-20/h7-10,19-20H,3-6,11-16H2,1-2H3,(H2,22,23,24). The van der Waals surface area contributed by atoms with Crippen molar-refractivity contribution in [3.05, 3.63) is 35.4 Å². The highest BCUT2D eigenvalue weighted by Gasteiger charge is 2.27. The minimum atomic E-state index is 0.559. The number of guanidine groups is 1. The van der Waals surface area contributed by atoms with Gasteiger partial charge in [0.1, 0.15) is 0 Å². The van der Waals surface area contributed by atoms with Gasteiger partial charge in [-0.25, -0.2) is 0 Å². The molecule has 1 saturated carbocycles. The summed E-state index contributed by atoms with van der Waals surface area (Å²) in [5.74, 6) is 0.950. The fourth-order valence-electron chi connectivity index (χ4n) is 4.15. The van der Waals surface area contributed by atoms with Gasteiger partial charge in [0.15, 0.2) is 5.96 Å². The molecule has 0 atom stereocenters. The van der Waals surface area contributed by atoms with Gasteiger partial charge >= 0.3 is 0 Å². The Balaban J connectivity index is 1.37. The lowest BCUT2D eigenvalue weighted by atomic mass is 10.0. The molecular weight excluding hydrogens is 308 g/mol. The number of piperidine rings is 1. The van der Waals surface area contributed by atoms with Crippen molar-refractivity contribution in [2.24, 2.45) is 4.99 Å². The fraction of sp³-hybridized carbons (Fsp3) is 0.667. The third-order valence-corrected chi connectivity index (χ3v) is 5.76. The normalized spacial score (nSPS) is 20.8.